The SMILES string of the molecule is CCc1cc(Nc2ccc(OC(C)C)c(C)c2)n2ncnc2n1. The molecule has 0 radical (unpaired) electrons. The van der Waals surface area contributed by atoms with Crippen molar-refractivity contribution in [2.75, 3.05) is 5.32 Å². The summed E-state index contributed by atoms with van der Waals surface area (Å²) >= 11 is 0. The van der Waals surface area contributed by atoms with E-state index in [-0.39, 0.29) is 6.10 Å². The average Bonchev–Trinajstić information content (AvgIpc) is 2.98. The minimum atomic E-state index is 0.162. The lowest BCUT2D eigenvalue weighted by Crippen LogP contribution is -2.07. The average molecular weight is 311 g/mol. The molecule has 0 bridgehead atoms. The highest BCUT2D eigenvalue weighted by molar-refractivity contribution is 5.61. The standard InChI is InChI=1S/C17H21N5O/c1-5-13-9-16(22-17(21-13)18-10-19-22)20-14-6-7-15(12(4)8-14)23-11(2)3/h6-11,20H,5H2,1-4H3. The highest BCUT2D eigenvalue weighted by Gasteiger charge is 2.08. The van der Waals surface area contributed by atoms with Crippen molar-refractivity contribution >= 4 is 17.3 Å². The largest absolute Gasteiger partial charge is 0.491 e. The summed E-state index contributed by atoms with van der Waals surface area (Å²) in [5.41, 5.74) is 3.04. The van der Waals surface area contributed by atoms with Gasteiger partial charge in [-0.25, -0.2) is 4.98 Å². The minimum Gasteiger partial charge on any atom is -0.491 e. The summed E-state index contributed by atoms with van der Waals surface area (Å²) in [5, 5.41) is 7.62. The molecule has 23 heavy (non-hydrogen) atoms. The molecule has 0 saturated carbocycles. The number of nitrogens with one attached hydrogen (secondary N) is 1. The van der Waals surface area contributed by atoms with E-state index in [1.54, 1.807) is 4.52 Å². The van der Waals surface area contributed by atoms with Crippen molar-refractivity contribution in [3.8, 4) is 5.75 Å². The Hall–Kier alpha value is -2.63. The van der Waals surface area contributed by atoms with Gasteiger partial charge >= 0.3 is 0 Å². The number of ether oxygens (including phenoxy) is 1. The van der Waals surface area contributed by atoms with Gasteiger partial charge in [0.15, 0.2) is 0 Å². The van der Waals surface area contributed by atoms with E-state index < -0.39 is 0 Å². The fraction of sp³-hybridized carbons (Fsp3) is 0.353. The van der Waals surface area contributed by atoms with Crippen LogP contribution in [0.4, 0.5) is 11.5 Å². The third-order valence-corrected chi connectivity index (χ3v) is 3.48. The van der Waals surface area contributed by atoms with Crippen LogP contribution in [0.2, 0.25) is 0 Å². The van der Waals surface area contributed by atoms with E-state index in [2.05, 4.69) is 33.4 Å². The minimum absolute atomic E-state index is 0.162. The first kappa shape index (κ1) is 15.3. The van der Waals surface area contributed by atoms with Gasteiger partial charge in [0.1, 0.15) is 17.9 Å². The molecule has 0 atom stereocenters. The topological polar surface area (TPSA) is 64.3 Å². The van der Waals surface area contributed by atoms with Crippen LogP contribution in [-0.2, 0) is 6.42 Å². The first-order valence-corrected chi connectivity index (χ1v) is 7.81. The first-order valence-electron chi connectivity index (χ1n) is 7.81. The Morgan fingerprint density at radius 2 is 2.09 bits per heavy atom. The van der Waals surface area contributed by atoms with Crippen LogP contribution < -0.4 is 10.1 Å². The van der Waals surface area contributed by atoms with Gasteiger partial charge in [-0.05, 0) is 51.0 Å². The first-order chi connectivity index (χ1) is 11.1. The maximum absolute atomic E-state index is 5.78. The molecule has 0 saturated heterocycles. The second kappa shape index (κ2) is 6.24. The van der Waals surface area contributed by atoms with E-state index in [4.69, 9.17) is 4.74 Å². The fourth-order valence-electron chi connectivity index (χ4n) is 2.39. The van der Waals surface area contributed by atoms with E-state index >= 15 is 0 Å². The Balaban J connectivity index is 1.93. The third-order valence-electron chi connectivity index (χ3n) is 3.48. The van der Waals surface area contributed by atoms with E-state index in [1.165, 1.54) is 6.33 Å². The number of hydrogen-bond acceptors (Lipinski definition) is 5. The molecule has 0 fully saturated rings. The lowest BCUT2D eigenvalue weighted by molar-refractivity contribution is 0.241. The summed E-state index contributed by atoms with van der Waals surface area (Å²) in [6, 6.07) is 8.04. The number of rotatable bonds is 5. The Morgan fingerprint density at radius 1 is 1.26 bits per heavy atom. The molecule has 2 aromatic heterocycles. The number of benzene rings is 1. The molecule has 1 N–H and O–H groups in total. The summed E-state index contributed by atoms with van der Waals surface area (Å²) in [4.78, 5) is 8.62. The molecule has 0 amide bonds. The van der Waals surface area contributed by atoms with Gasteiger partial charge in [0, 0.05) is 17.4 Å². The molecule has 0 unspecified atom stereocenters. The lowest BCUT2D eigenvalue weighted by Gasteiger charge is -2.14. The van der Waals surface area contributed by atoms with Gasteiger partial charge in [-0.3, -0.25) is 0 Å². The Labute approximate surface area is 135 Å². The predicted octanol–water partition coefficient (Wildman–Crippen LogP) is 3.53. The molecule has 120 valence electrons. The van der Waals surface area contributed by atoms with E-state index in [0.717, 1.165) is 34.9 Å². The van der Waals surface area contributed by atoms with Gasteiger partial charge in [-0.1, -0.05) is 6.92 Å². The van der Waals surface area contributed by atoms with Crippen LogP contribution in [0, 0.1) is 6.92 Å². The number of anilines is 2. The van der Waals surface area contributed by atoms with Crippen molar-refractivity contribution in [3.05, 3.63) is 41.9 Å². The van der Waals surface area contributed by atoms with Crippen molar-refractivity contribution in [2.45, 2.75) is 40.2 Å². The smallest absolute Gasteiger partial charge is 0.254 e. The Kier molecular flexibility index (Phi) is 4.14. The molecule has 0 aliphatic heterocycles. The maximum Gasteiger partial charge on any atom is 0.254 e. The lowest BCUT2D eigenvalue weighted by atomic mass is 10.2. The van der Waals surface area contributed by atoms with E-state index in [1.807, 2.05) is 39.0 Å². The van der Waals surface area contributed by atoms with Gasteiger partial charge < -0.3 is 10.1 Å². The zero-order valence-electron chi connectivity index (χ0n) is 13.9. The molecule has 6 heteroatoms. The molecule has 6 nitrogen and oxygen atoms in total. The van der Waals surface area contributed by atoms with Crippen LogP contribution in [0.3, 0.4) is 0 Å². The summed E-state index contributed by atoms with van der Waals surface area (Å²) in [6.45, 7) is 8.16. The zero-order chi connectivity index (χ0) is 16.4. The monoisotopic (exact) mass is 311 g/mol. The van der Waals surface area contributed by atoms with E-state index in [9.17, 15) is 0 Å². The molecule has 1 aromatic carbocycles. The second-order valence-electron chi connectivity index (χ2n) is 5.73. The molecule has 0 spiro atoms. The third kappa shape index (κ3) is 3.26. The summed E-state index contributed by atoms with van der Waals surface area (Å²) in [6.07, 6.45) is 2.52. The zero-order valence-corrected chi connectivity index (χ0v) is 13.9. The van der Waals surface area contributed by atoms with Crippen LogP contribution in [0.15, 0.2) is 30.6 Å². The number of aryl methyl sites for hydroxylation is 2. The van der Waals surface area contributed by atoms with Crippen LogP contribution in [0.25, 0.3) is 5.78 Å². The molecular formula is C17H21N5O. The van der Waals surface area contributed by atoms with Crippen molar-refractivity contribution in [1.29, 1.82) is 0 Å². The Bertz CT molecular complexity index is 825. The summed E-state index contributed by atoms with van der Waals surface area (Å²) in [7, 11) is 0. The van der Waals surface area contributed by atoms with Crippen molar-refractivity contribution in [1.82, 2.24) is 19.6 Å². The molecule has 3 rings (SSSR count). The van der Waals surface area contributed by atoms with Crippen LogP contribution >= 0.6 is 0 Å². The normalized spacial score (nSPS) is 11.2. The van der Waals surface area contributed by atoms with Crippen molar-refractivity contribution < 1.29 is 4.74 Å². The van der Waals surface area contributed by atoms with Crippen molar-refractivity contribution in [2.24, 2.45) is 0 Å². The van der Waals surface area contributed by atoms with Crippen LogP contribution in [0.1, 0.15) is 32.0 Å². The number of aromatic nitrogens is 4. The molecule has 2 heterocycles. The summed E-state index contributed by atoms with van der Waals surface area (Å²) < 4.78 is 7.48. The Morgan fingerprint density at radius 3 is 2.78 bits per heavy atom. The molecule has 0 aliphatic rings. The van der Waals surface area contributed by atoms with Gasteiger partial charge in [0.25, 0.3) is 5.78 Å². The predicted molar refractivity (Wildman–Crippen MR) is 90.4 cm³/mol. The fourth-order valence-corrected chi connectivity index (χ4v) is 2.39. The van der Waals surface area contributed by atoms with Crippen LogP contribution in [0.5, 0.6) is 5.75 Å². The van der Waals surface area contributed by atoms with Crippen molar-refractivity contribution in [3.63, 3.8) is 0 Å². The van der Waals surface area contributed by atoms with Gasteiger partial charge in [-0.2, -0.15) is 14.6 Å². The molecule has 3 aromatic rings. The number of fused-ring (bicyclic) bond motifs is 1. The quantitative estimate of drug-likeness (QED) is 0.781. The van der Waals surface area contributed by atoms with Gasteiger partial charge in [0.05, 0.1) is 6.10 Å². The highest BCUT2D eigenvalue weighted by atomic mass is 16.5. The second-order valence-corrected chi connectivity index (χ2v) is 5.73. The van der Waals surface area contributed by atoms with E-state index in [0.29, 0.717) is 5.78 Å². The molecule has 0 aliphatic carbocycles. The maximum atomic E-state index is 5.78. The van der Waals surface area contributed by atoms with Crippen LogP contribution in [-0.4, -0.2) is 25.7 Å². The van der Waals surface area contributed by atoms with Gasteiger partial charge in [-0.15, -0.1) is 0 Å². The summed E-state index contributed by atoms with van der Waals surface area (Å²) in [5.74, 6) is 2.35. The van der Waals surface area contributed by atoms with Gasteiger partial charge in [0.2, 0.25) is 0 Å². The number of hydrogen-bond donors (Lipinski definition) is 1. The molecular weight excluding hydrogens is 290 g/mol. The highest BCUT2D eigenvalue weighted by Crippen LogP contribution is 2.25. The number of nitrogens with zero attached hydrogens (tertiary/aromatic N) is 4.